The SMILES string of the molecule is CC(C)(C)OC(=O)N1CC[C@H](Oc2nc(Cl)cc(Cl)n2)C1. The molecule has 2 rings (SSSR count). The van der Waals surface area contributed by atoms with Gasteiger partial charge in [0.15, 0.2) is 0 Å². The Balaban J connectivity index is 1.92. The van der Waals surface area contributed by atoms with E-state index in [1.54, 1.807) is 4.90 Å². The first kappa shape index (κ1) is 16.1. The van der Waals surface area contributed by atoms with E-state index in [1.807, 2.05) is 20.8 Å². The number of likely N-dealkylation sites (tertiary alicyclic amines) is 1. The van der Waals surface area contributed by atoms with Crippen LogP contribution < -0.4 is 4.74 Å². The maximum absolute atomic E-state index is 11.9. The number of hydrogen-bond donors (Lipinski definition) is 0. The molecule has 116 valence electrons. The van der Waals surface area contributed by atoms with Crippen LogP contribution in [0.3, 0.4) is 0 Å². The Morgan fingerprint density at radius 1 is 1.33 bits per heavy atom. The third-order valence-electron chi connectivity index (χ3n) is 2.71. The molecule has 21 heavy (non-hydrogen) atoms. The van der Waals surface area contributed by atoms with E-state index in [1.165, 1.54) is 6.07 Å². The first-order chi connectivity index (χ1) is 9.73. The third kappa shape index (κ3) is 4.89. The molecule has 0 N–H and O–H groups in total. The van der Waals surface area contributed by atoms with Gasteiger partial charge in [0.25, 0.3) is 0 Å². The van der Waals surface area contributed by atoms with Crippen LogP contribution in [0, 0.1) is 0 Å². The van der Waals surface area contributed by atoms with Gasteiger partial charge in [0.05, 0.1) is 6.54 Å². The summed E-state index contributed by atoms with van der Waals surface area (Å²) in [6.45, 7) is 6.47. The van der Waals surface area contributed by atoms with Gasteiger partial charge in [0.1, 0.15) is 22.0 Å². The van der Waals surface area contributed by atoms with Crippen molar-refractivity contribution in [3.63, 3.8) is 0 Å². The summed E-state index contributed by atoms with van der Waals surface area (Å²) in [5, 5.41) is 0.430. The van der Waals surface area contributed by atoms with Gasteiger partial charge in [-0.1, -0.05) is 23.2 Å². The molecule has 8 heteroatoms. The van der Waals surface area contributed by atoms with Gasteiger partial charge in [-0.2, -0.15) is 9.97 Å². The van der Waals surface area contributed by atoms with Crippen LogP contribution in [0.15, 0.2) is 6.07 Å². The molecule has 1 aliphatic rings. The number of carbonyl (C=O) groups is 1. The standard InChI is InChI=1S/C13H17Cl2N3O3/c1-13(2,3)21-12(19)18-5-4-8(7-18)20-11-16-9(14)6-10(15)17-11/h6,8H,4-5,7H2,1-3H3/t8-/m0/s1. The Hall–Kier alpha value is -1.27. The summed E-state index contributed by atoms with van der Waals surface area (Å²) in [6.07, 6.45) is 0.123. The minimum atomic E-state index is -0.514. The molecule has 1 amide bonds. The van der Waals surface area contributed by atoms with Gasteiger partial charge in [-0.05, 0) is 20.8 Å². The second-order valence-corrected chi connectivity index (χ2v) is 6.53. The number of halogens is 2. The largest absolute Gasteiger partial charge is 0.458 e. The molecule has 0 aromatic carbocycles. The van der Waals surface area contributed by atoms with Crippen LogP contribution >= 0.6 is 23.2 Å². The molecular weight excluding hydrogens is 317 g/mol. The molecule has 0 bridgehead atoms. The normalized spacial score (nSPS) is 18.7. The van der Waals surface area contributed by atoms with E-state index < -0.39 is 5.60 Å². The molecule has 0 spiro atoms. The lowest BCUT2D eigenvalue weighted by Crippen LogP contribution is -2.36. The molecule has 1 aliphatic heterocycles. The molecular formula is C13H17Cl2N3O3. The number of aromatic nitrogens is 2. The Kier molecular flexibility index (Phi) is 4.78. The number of hydrogen-bond acceptors (Lipinski definition) is 5. The highest BCUT2D eigenvalue weighted by molar-refractivity contribution is 6.33. The van der Waals surface area contributed by atoms with Crippen molar-refractivity contribution < 1.29 is 14.3 Å². The summed E-state index contributed by atoms with van der Waals surface area (Å²) in [5.74, 6) is 0. The van der Waals surface area contributed by atoms with E-state index in [4.69, 9.17) is 32.7 Å². The van der Waals surface area contributed by atoms with Crippen LogP contribution in [-0.2, 0) is 4.74 Å². The molecule has 1 atom stereocenters. The smallest absolute Gasteiger partial charge is 0.410 e. The van der Waals surface area contributed by atoms with Crippen molar-refractivity contribution in [1.29, 1.82) is 0 Å². The average Bonchev–Trinajstić information content (AvgIpc) is 2.73. The van der Waals surface area contributed by atoms with Gasteiger partial charge < -0.3 is 14.4 Å². The highest BCUT2D eigenvalue weighted by Crippen LogP contribution is 2.21. The van der Waals surface area contributed by atoms with Crippen LogP contribution in [0.5, 0.6) is 6.01 Å². The predicted molar refractivity (Wildman–Crippen MR) is 78.9 cm³/mol. The quantitative estimate of drug-likeness (QED) is 0.777. The maximum atomic E-state index is 11.9. The zero-order valence-corrected chi connectivity index (χ0v) is 13.6. The number of carbonyl (C=O) groups excluding carboxylic acids is 1. The van der Waals surface area contributed by atoms with E-state index in [9.17, 15) is 4.79 Å². The fourth-order valence-electron chi connectivity index (χ4n) is 1.89. The van der Waals surface area contributed by atoms with Gasteiger partial charge in [0.2, 0.25) is 0 Å². The Morgan fingerprint density at radius 3 is 2.52 bits per heavy atom. The molecule has 1 saturated heterocycles. The van der Waals surface area contributed by atoms with Gasteiger partial charge in [-0.25, -0.2) is 4.79 Å². The Labute approximate surface area is 133 Å². The molecule has 0 unspecified atom stereocenters. The number of nitrogens with zero attached hydrogens (tertiary/aromatic N) is 3. The molecule has 6 nitrogen and oxygen atoms in total. The fraction of sp³-hybridized carbons (Fsp3) is 0.615. The Morgan fingerprint density at radius 2 is 1.95 bits per heavy atom. The Bertz CT molecular complexity index is 514. The van der Waals surface area contributed by atoms with Crippen molar-refractivity contribution >= 4 is 29.3 Å². The first-order valence-electron chi connectivity index (χ1n) is 6.57. The van der Waals surface area contributed by atoms with Crippen LogP contribution in [0.2, 0.25) is 10.3 Å². The molecule has 1 aromatic heterocycles. The van der Waals surface area contributed by atoms with Crippen molar-refractivity contribution in [2.24, 2.45) is 0 Å². The maximum Gasteiger partial charge on any atom is 0.410 e. The predicted octanol–water partition coefficient (Wildman–Crippen LogP) is 3.17. The van der Waals surface area contributed by atoms with Gasteiger partial charge in [0, 0.05) is 19.0 Å². The van der Waals surface area contributed by atoms with Crippen LogP contribution in [0.25, 0.3) is 0 Å². The summed E-state index contributed by atoms with van der Waals surface area (Å²) in [7, 11) is 0. The van der Waals surface area contributed by atoms with E-state index in [0.29, 0.717) is 19.5 Å². The van der Waals surface area contributed by atoms with Crippen LogP contribution in [0.1, 0.15) is 27.2 Å². The second-order valence-electron chi connectivity index (χ2n) is 5.75. The summed E-state index contributed by atoms with van der Waals surface area (Å²) in [5.41, 5.74) is -0.514. The lowest BCUT2D eigenvalue weighted by molar-refractivity contribution is 0.0274. The van der Waals surface area contributed by atoms with E-state index >= 15 is 0 Å². The van der Waals surface area contributed by atoms with Crippen molar-refractivity contribution in [2.75, 3.05) is 13.1 Å². The van der Waals surface area contributed by atoms with Crippen molar-refractivity contribution in [3.8, 4) is 6.01 Å². The second kappa shape index (κ2) is 6.23. The highest BCUT2D eigenvalue weighted by atomic mass is 35.5. The number of rotatable bonds is 2. The number of amides is 1. The first-order valence-corrected chi connectivity index (χ1v) is 7.33. The van der Waals surface area contributed by atoms with Crippen molar-refractivity contribution in [1.82, 2.24) is 14.9 Å². The third-order valence-corrected chi connectivity index (χ3v) is 3.10. The van der Waals surface area contributed by atoms with Crippen LogP contribution in [0.4, 0.5) is 4.79 Å². The summed E-state index contributed by atoms with van der Waals surface area (Å²) in [6, 6.07) is 1.54. The van der Waals surface area contributed by atoms with Gasteiger partial charge >= 0.3 is 12.1 Å². The van der Waals surface area contributed by atoms with Crippen LogP contribution in [-0.4, -0.2) is 45.8 Å². The minimum absolute atomic E-state index is 0.114. The molecule has 1 fully saturated rings. The fourth-order valence-corrected chi connectivity index (χ4v) is 2.30. The van der Waals surface area contributed by atoms with E-state index in [0.717, 1.165) is 0 Å². The molecule has 0 aliphatic carbocycles. The molecule has 0 radical (unpaired) electrons. The zero-order valence-electron chi connectivity index (χ0n) is 12.1. The monoisotopic (exact) mass is 333 g/mol. The lowest BCUT2D eigenvalue weighted by atomic mass is 10.2. The zero-order chi connectivity index (χ0) is 15.6. The average molecular weight is 334 g/mol. The van der Waals surface area contributed by atoms with Gasteiger partial charge in [-0.3, -0.25) is 0 Å². The van der Waals surface area contributed by atoms with Crippen molar-refractivity contribution in [3.05, 3.63) is 16.4 Å². The minimum Gasteiger partial charge on any atom is -0.458 e. The molecule has 0 saturated carbocycles. The van der Waals surface area contributed by atoms with E-state index in [2.05, 4.69) is 9.97 Å². The number of ether oxygens (including phenoxy) is 2. The lowest BCUT2D eigenvalue weighted by Gasteiger charge is -2.24. The highest BCUT2D eigenvalue weighted by Gasteiger charge is 2.31. The summed E-state index contributed by atoms with van der Waals surface area (Å²) >= 11 is 11.6. The van der Waals surface area contributed by atoms with Crippen molar-refractivity contribution in [2.45, 2.75) is 38.9 Å². The molecule has 2 heterocycles. The molecule has 1 aromatic rings. The summed E-state index contributed by atoms with van der Waals surface area (Å²) < 4.78 is 10.9. The van der Waals surface area contributed by atoms with Gasteiger partial charge in [-0.15, -0.1) is 0 Å². The topological polar surface area (TPSA) is 64.5 Å². The summed E-state index contributed by atoms with van der Waals surface area (Å²) in [4.78, 5) is 21.4. The van der Waals surface area contributed by atoms with E-state index in [-0.39, 0.29) is 28.5 Å².